The van der Waals surface area contributed by atoms with Gasteiger partial charge in [0.1, 0.15) is 11.3 Å². The van der Waals surface area contributed by atoms with Gasteiger partial charge < -0.3 is 9.88 Å². The van der Waals surface area contributed by atoms with Gasteiger partial charge in [-0.15, -0.1) is 0 Å². The van der Waals surface area contributed by atoms with Gasteiger partial charge in [-0.1, -0.05) is 17.7 Å². The second-order valence-corrected chi connectivity index (χ2v) is 5.52. The normalized spacial score (nSPS) is 20.4. The Morgan fingerprint density at radius 3 is 3.11 bits per heavy atom. The molecule has 1 N–H and O–H groups in total. The molecule has 1 saturated heterocycles. The Hall–Kier alpha value is -1.06. The molecule has 96 valence electrons. The molecule has 0 spiro atoms. The SMILES string of the molecule is Cn1c(CC2CCCNC2)nc2c(Cl)cccc21. The van der Waals surface area contributed by atoms with E-state index < -0.39 is 0 Å². The van der Waals surface area contributed by atoms with E-state index in [0.29, 0.717) is 5.92 Å². The van der Waals surface area contributed by atoms with Crippen LogP contribution in [0.25, 0.3) is 11.0 Å². The molecule has 3 rings (SSSR count). The molecule has 0 bridgehead atoms. The molecule has 0 radical (unpaired) electrons. The number of fused-ring (bicyclic) bond motifs is 1. The van der Waals surface area contributed by atoms with Crippen LogP contribution in [-0.2, 0) is 13.5 Å². The fourth-order valence-corrected chi connectivity index (χ4v) is 2.98. The lowest BCUT2D eigenvalue weighted by Crippen LogP contribution is -2.31. The maximum absolute atomic E-state index is 6.20. The van der Waals surface area contributed by atoms with Gasteiger partial charge in [0, 0.05) is 13.5 Å². The number of nitrogens with one attached hydrogen (secondary N) is 1. The molecular formula is C14H18ClN3. The van der Waals surface area contributed by atoms with E-state index in [9.17, 15) is 0 Å². The van der Waals surface area contributed by atoms with Crippen LogP contribution >= 0.6 is 11.6 Å². The van der Waals surface area contributed by atoms with Crippen molar-refractivity contribution < 1.29 is 0 Å². The monoisotopic (exact) mass is 263 g/mol. The van der Waals surface area contributed by atoms with Crippen LogP contribution in [0.2, 0.25) is 5.02 Å². The topological polar surface area (TPSA) is 29.9 Å². The fourth-order valence-electron chi connectivity index (χ4n) is 2.77. The second kappa shape index (κ2) is 4.90. The molecule has 1 aliphatic rings. The van der Waals surface area contributed by atoms with Crippen molar-refractivity contribution in [3.05, 3.63) is 29.0 Å². The molecule has 0 amide bonds. The Kier molecular flexibility index (Phi) is 3.27. The first-order valence-electron chi connectivity index (χ1n) is 6.56. The Balaban J connectivity index is 1.92. The third kappa shape index (κ3) is 2.13. The average Bonchev–Trinajstić information content (AvgIpc) is 2.70. The quantitative estimate of drug-likeness (QED) is 0.903. The van der Waals surface area contributed by atoms with E-state index in [1.807, 2.05) is 12.1 Å². The van der Waals surface area contributed by atoms with Crippen LogP contribution in [0, 0.1) is 5.92 Å². The summed E-state index contributed by atoms with van der Waals surface area (Å²) in [7, 11) is 2.08. The Morgan fingerprint density at radius 1 is 1.50 bits per heavy atom. The molecule has 1 aliphatic heterocycles. The predicted octanol–water partition coefficient (Wildman–Crippen LogP) is 2.77. The number of aromatic nitrogens is 2. The highest BCUT2D eigenvalue weighted by molar-refractivity contribution is 6.34. The number of aryl methyl sites for hydroxylation is 1. The first-order valence-corrected chi connectivity index (χ1v) is 6.94. The highest BCUT2D eigenvalue weighted by atomic mass is 35.5. The number of piperidine rings is 1. The highest BCUT2D eigenvalue weighted by Gasteiger charge is 2.17. The van der Waals surface area contributed by atoms with Crippen molar-refractivity contribution in [1.29, 1.82) is 0 Å². The zero-order chi connectivity index (χ0) is 12.5. The van der Waals surface area contributed by atoms with Gasteiger partial charge in [0.15, 0.2) is 0 Å². The largest absolute Gasteiger partial charge is 0.331 e. The number of benzene rings is 1. The number of nitrogens with zero attached hydrogens (tertiary/aromatic N) is 2. The lowest BCUT2D eigenvalue weighted by molar-refractivity contribution is 0.368. The standard InChI is InChI=1S/C14H18ClN3/c1-18-12-6-2-5-11(15)14(12)17-13(18)8-10-4-3-7-16-9-10/h2,5-6,10,16H,3-4,7-9H2,1H3. The predicted molar refractivity (Wildman–Crippen MR) is 75.0 cm³/mol. The zero-order valence-electron chi connectivity index (χ0n) is 10.6. The van der Waals surface area contributed by atoms with E-state index in [1.54, 1.807) is 0 Å². The molecule has 1 aromatic carbocycles. The van der Waals surface area contributed by atoms with E-state index in [4.69, 9.17) is 16.6 Å². The summed E-state index contributed by atoms with van der Waals surface area (Å²) in [5.41, 5.74) is 2.06. The second-order valence-electron chi connectivity index (χ2n) is 5.11. The molecule has 1 atom stereocenters. The summed E-state index contributed by atoms with van der Waals surface area (Å²) in [4.78, 5) is 4.71. The Labute approximate surface area is 112 Å². The van der Waals surface area contributed by atoms with Gasteiger partial charge in [-0.2, -0.15) is 0 Å². The van der Waals surface area contributed by atoms with Gasteiger partial charge in [0.25, 0.3) is 0 Å². The van der Waals surface area contributed by atoms with E-state index in [0.717, 1.165) is 41.4 Å². The van der Waals surface area contributed by atoms with Crippen LogP contribution in [0.1, 0.15) is 18.7 Å². The van der Waals surface area contributed by atoms with Crippen molar-refractivity contribution in [3.63, 3.8) is 0 Å². The van der Waals surface area contributed by atoms with Crippen LogP contribution < -0.4 is 5.32 Å². The molecule has 0 saturated carbocycles. The third-order valence-corrected chi connectivity index (χ3v) is 4.13. The van der Waals surface area contributed by atoms with Crippen LogP contribution in [0.3, 0.4) is 0 Å². The minimum atomic E-state index is 0.702. The van der Waals surface area contributed by atoms with Crippen molar-refractivity contribution in [2.45, 2.75) is 19.3 Å². The molecule has 3 nitrogen and oxygen atoms in total. The smallest absolute Gasteiger partial charge is 0.109 e. The summed E-state index contributed by atoms with van der Waals surface area (Å²) in [6, 6.07) is 5.97. The first-order chi connectivity index (χ1) is 8.75. The summed E-state index contributed by atoms with van der Waals surface area (Å²) in [6.07, 6.45) is 3.60. The van der Waals surface area contributed by atoms with Crippen molar-refractivity contribution in [2.24, 2.45) is 13.0 Å². The summed E-state index contributed by atoms with van der Waals surface area (Å²) in [6.45, 7) is 2.27. The Morgan fingerprint density at radius 2 is 2.39 bits per heavy atom. The van der Waals surface area contributed by atoms with Crippen LogP contribution in [0.4, 0.5) is 0 Å². The molecule has 1 aromatic heterocycles. The van der Waals surface area contributed by atoms with Gasteiger partial charge in [-0.25, -0.2) is 4.98 Å². The molecule has 1 fully saturated rings. The lowest BCUT2D eigenvalue weighted by Gasteiger charge is -2.22. The van der Waals surface area contributed by atoms with Crippen molar-refractivity contribution in [1.82, 2.24) is 14.9 Å². The van der Waals surface area contributed by atoms with Gasteiger partial charge in [0.05, 0.1) is 10.5 Å². The maximum atomic E-state index is 6.20. The Bertz CT molecular complexity index is 555. The summed E-state index contributed by atoms with van der Waals surface area (Å²) < 4.78 is 2.18. The van der Waals surface area contributed by atoms with E-state index in [-0.39, 0.29) is 0 Å². The minimum Gasteiger partial charge on any atom is -0.331 e. The van der Waals surface area contributed by atoms with Crippen LogP contribution in [-0.4, -0.2) is 22.6 Å². The van der Waals surface area contributed by atoms with Gasteiger partial charge in [-0.3, -0.25) is 0 Å². The van der Waals surface area contributed by atoms with Crippen molar-refractivity contribution in [3.8, 4) is 0 Å². The minimum absolute atomic E-state index is 0.702. The number of rotatable bonds is 2. The first kappa shape index (κ1) is 12.0. The lowest BCUT2D eigenvalue weighted by atomic mass is 9.96. The summed E-state index contributed by atoms with van der Waals surface area (Å²) in [5.74, 6) is 1.85. The zero-order valence-corrected chi connectivity index (χ0v) is 11.4. The molecule has 2 heterocycles. The highest BCUT2D eigenvalue weighted by Crippen LogP contribution is 2.25. The summed E-state index contributed by atoms with van der Waals surface area (Å²) >= 11 is 6.20. The molecule has 18 heavy (non-hydrogen) atoms. The van der Waals surface area contributed by atoms with Crippen molar-refractivity contribution >= 4 is 22.6 Å². The fraction of sp³-hybridized carbons (Fsp3) is 0.500. The number of halogens is 1. The average molecular weight is 264 g/mol. The molecule has 2 aromatic rings. The molecular weight excluding hydrogens is 246 g/mol. The van der Waals surface area contributed by atoms with Gasteiger partial charge in [-0.05, 0) is 44.0 Å². The molecule has 4 heteroatoms. The number of hydrogen-bond acceptors (Lipinski definition) is 2. The maximum Gasteiger partial charge on any atom is 0.109 e. The van der Waals surface area contributed by atoms with Crippen LogP contribution in [0.5, 0.6) is 0 Å². The van der Waals surface area contributed by atoms with E-state index in [1.165, 1.54) is 12.8 Å². The van der Waals surface area contributed by atoms with Gasteiger partial charge >= 0.3 is 0 Å². The third-order valence-electron chi connectivity index (χ3n) is 3.83. The van der Waals surface area contributed by atoms with E-state index >= 15 is 0 Å². The van der Waals surface area contributed by atoms with Gasteiger partial charge in [0.2, 0.25) is 0 Å². The number of hydrogen-bond donors (Lipinski definition) is 1. The van der Waals surface area contributed by atoms with Crippen molar-refractivity contribution in [2.75, 3.05) is 13.1 Å². The number of imidazole rings is 1. The summed E-state index contributed by atoms with van der Waals surface area (Å²) in [5, 5.41) is 4.20. The molecule has 1 unspecified atom stereocenters. The van der Waals surface area contributed by atoms with Crippen LogP contribution in [0.15, 0.2) is 18.2 Å². The van der Waals surface area contributed by atoms with E-state index in [2.05, 4.69) is 23.0 Å². The molecule has 0 aliphatic carbocycles. The number of para-hydroxylation sites is 1.